The average Bonchev–Trinajstić information content (AvgIpc) is 2.86. The lowest BCUT2D eigenvalue weighted by Crippen LogP contribution is -2.77. The van der Waals surface area contributed by atoms with Gasteiger partial charge in [-0.1, -0.05) is 24.3 Å². The van der Waals surface area contributed by atoms with Gasteiger partial charge in [0.05, 0.1) is 19.5 Å². The number of quaternary nitrogens is 1. The quantitative estimate of drug-likeness (QED) is 0.484. The largest absolute Gasteiger partial charge is 0.514 e. The number of amides is 2. The van der Waals surface area contributed by atoms with Gasteiger partial charge in [0.25, 0.3) is 0 Å². The number of carbonyl (C=O) groups is 2. The number of piperazine rings is 1. The van der Waals surface area contributed by atoms with Crippen molar-refractivity contribution in [3.05, 3.63) is 65.5 Å². The minimum Gasteiger partial charge on any atom is -0.435 e. The molecule has 0 aromatic heterocycles. The summed E-state index contributed by atoms with van der Waals surface area (Å²) >= 11 is 0. The minimum absolute atomic E-state index is 0.0295. The molecule has 0 saturated carbocycles. The predicted molar refractivity (Wildman–Crippen MR) is 152 cm³/mol. The highest BCUT2D eigenvalue weighted by atomic mass is 19.1. The number of hydrogen-bond donors (Lipinski definition) is 2. The number of carbonyl (C=O) groups excluding carboxylic acids is 1. The number of halogens is 1. The maximum atomic E-state index is 13.1. The van der Waals surface area contributed by atoms with Crippen LogP contribution in [0.3, 0.4) is 0 Å². The molecule has 0 bridgehead atoms. The second kappa shape index (κ2) is 11.6. The van der Waals surface area contributed by atoms with E-state index in [9.17, 15) is 19.1 Å². The van der Waals surface area contributed by atoms with Crippen LogP contribution < -0.4 is 5.32 Å². The maximum absolute atomic E-state index is 13.1. The Morgan fingerprint density at radius 3 is 2.00 bits per heavy atom. The molecule has 4 rings (SSSR count). The molecule has 2 aliphatic heterocycles. The van der Waals surface area contributed by atoms with Crippen LogP contribution in [-0.2, 0) is 17.8 Å². The molecular formula is C31H44FN4O3+. The Morgan fingerprint density at radius 2 is 1.49 bits per heavy atom. The first-order valence-electron chi connectivity index (χ1n) is 14.1. The number of anilines is 1. The fourth-order valence-corrected chi connectivity index (χ4v) is 6.99. The molecule has 2 saturated heterocycles. The van der Waals surface area contributed by atoms with Gasteiger partial charge in [-0.05, 0) is 82.9 Å². The molecular weight excluding hydrogens is 495 g/mol. The molecule has 2 heterocycles. The summed E-state index contributed by atoms with van der Waals surface area (Å²) in [6, 6.07) is 14.9. The first-order valence-corrected chi connectivity index (χ1v) is 14.1. The molecule has 2 amide bonds. The molecule has 0 spiro atoms. The lowest BCUT2D eigenvalue weighted by molar-refractivity contribution is -0.949. The Labute approximate surface area is 232 Å². The first-order chi connectivity index (χ1) is 18.4. The van der Waals surface area contributed by atoms with Gasteiger partial charge >= 0.3 is 6.09 Å². The zero-order valence-electron chi connectivity index (χ0n) is 24.0. The van der Waals surface area contributed by atoms with Crippen molar-refractivity contribution in [3.8, 4) is 0 Å². The number of likely N-dealkylation sites (tertiary alicyclic amines) is 1. The smallest absolute Gasteiger partial charge is 0.435 e. The fourth-order valence-electron chi connectivity index (χ4n) is 6.99. The number of nitrogens with one attached hydrogen (secondary N) is 1. The number of benzene rings is 2. The third-order valence-corrected chi connectivity index (χ3v) is 8.71. The molecule has 3 atom stereocenters. The zero-order chi connectivity index (χ0) is 28.4. The number of piperidine rings is 1. The van der Waals surface area contributed by atoms with Gasteiger partial charge in [0.2, 0.25) is 5.91 Å². The summed E-state index contributed by atoms with van der Waals surface area (Å²) in [5.74, 6) is -0.0986. The summed E-state index contributed by atoms with van der Waals surface area (Å²) in [6.07, 6.45) is 1.38. The van der Waals surface area contributed by atoms with E-state index in [1.807, 2.05) is 37.8 Å². The van der Waals surface area contributed by atoms with Gasteiger partial charge in [-0.25, -0.2) is 8.87 Å². The van der Waals surface area contributed by atoms with Crippen LogP contribution in [0, 0.1) is 5.82 Å². The topological polar surface area (TPSA) is 72.9 Å². The number of hydrogen-bond acceptors (Lipinski definition) is 4. The summed E-state index contributed by atoms with van der Waals surface area (Å²) in [6.45, 7) is 13.8. The van der Waals surface area contributed by atoms with Crippen LogP contribution in [0.15, 0.2) is 48.5 Å². The molecule has 2 fully saturated rings. The van der Waals surface area contributed by atoms with Gasteiger partial charge in [-0.2, -0.15) is 4.79 Å². The second-order valence-electron chi connectivity index (χ2n) is 12.4. The van der Waals surface area contributed by atoms with E-state index in [1.54, 1.807) is 12.1 Å². The molecule has 1 unspecified atom stereocenters. The van der Waals surface area contributed by atoms with Gasteiger partial charge in [0.15, 0.2) is 0 Å². The molecule has 0 radical (unpaired) electrons. The zero-order valence-corrected chi connectivity index (χ0v) is 24.0. The minimum atomic E-state index is -0.746. The van der Waals surface area contributed by atoms with Crippen LogP contribution in [-0.4, -0.2) is 81.2 Å². The molecule has 39 heavy (non-hydrogen) atoms. The summed E-state index contributed by atoms with van der Waals surface area (Å²) < 4.78 is 13.2. The van der Waals surface area contributed by atoms with Crippen molar-refractivity contribution in [3.63, 3.8) is 0 Å². The average molecular weight is 540 g/mol. The van der Waals surface area contributed by atoms with E-state index in [2.05, 4.69) is 36.2 Å². The number of rotatable bonds is 6. The van der Waals surface area contributed by atoms with E-state index in [1.165, 1.54) is 17.7 Å². The van der Waals surface area contributed by atoms with Crippen LogP contribution in [0.25, 0.3) is 0 Å². The fraction of sp³-hybridized carbons (Fsp3) is 0.548. The first kappa shape index (κ1) is 29.0. The highest BCUT2D eigenvalue weighted by Crippen LogP contribution is 2.36. The summed E-state index contributed by atoms with van der Waals surface area (Å²) in [7, 11) is 0. The van der Waals surface area contributed by atoms with Gasteiger partial charge in [-0.3, -0.25) is 9.69 Å². The highest BCUT2D eigenvalue weighted by Gasteiger charge is 2.58. The normalized spacial score (nSPS) is 24.9. The van der Waals surface area contributed by atoms with Gasteiger partial charge in [-0.15, -0.1) is 0 Å². The van der Waals surface area contributed by atoms with Gasteiger partial charge < -0.3 is 15.3 Å². The summed E-state index contributed by atoms with van der Waals surface area (Å²) in [5.41, 5.74) is 2.69. The van der Waals surface area contributed by atoms with Crippen molar-refractivity contribution in [2.75, 3.05) is 31.5 Å². The van der Waals surface area contributed by atoms with E-state index in [4.69, 9.17) is 0 Å². The predicted octanol–water partition coefficient (Wildman–Crippen LogP) is 5.36. The molecule has 2 N–H and O–H groups in total. The number of nitrogens with zero attached hydrogens (tertiary/aromatic N) is 3. The van der Waals surface area contributed by atoms with E-state index in [-0.39, 0.29) is 39.9 Å². The van der Waals surface area contributed by atoms with Crippen LogP contribution in [0.2, 0.25) is 0 Å². The molecule has 7 nitrogen and oxygen atoms in total. The van der Waals surface area contributed by atoms with Crippen LogP contribution in [0.5, 0.6) is 0 Å². The lowest BCUT2D eigenvalue weighted by atomic mass is 9.91. The third-order valence-electron chi connectivity index (χ3n) is 8.71. The van der Waals surface area contributed by atoms with Crippen LogP contribution in [0.1, 0.15) is 58.6 Å². The number of carboxylic acid groups (broad SMARTS) is 1. The van der Waals surface area contributed by atoms with E-state index in [0.29, 0.717) is 19.5 Å². The summed E-state index contributed by atoms with van der Waals surface area (Å²) in [5, 5.41) is 13.7. The van der Waals surface area contributed by atoms with Crippen molar-refractivity contribution >= 4 is 17.7 Å². The van der Waals surface area contributed by atoms with E-state index < -0.39 is 6.09 Å². The Hall–Kier alpha value is -2.97. The van der Waals surface area contributed by atoms with Gasteiger partial charge in [0, 0.05) is 31.4 Å². The van der Waals surface area contributed by atoms with Crippen molar-refractivity contribution in [2.45, 2.75) is 84.1 Å². The summed E-state index contributed by atoms with van der Waals surface area (Å²) in [4.78, 5) is 29.7. The SMILES string of the molecule is C[C@@H]1CN(Cc2ccc(CC(=O)N3CCC(Nc4ccc(F)cc4)CC3)cc2)C[C@H](C)[N+]1(C(=O)O)C(C)(C)C. The van der Waals surface area contributed by atoms with Crippen molar-refractivity contribution in [1.82, 2.24) is 9.80 Å². The maximum Gasteiger partial charge on any atom is 0.514 e. The Balaban J connectivity index is 1.27. The standard InChI is InChI=1S/C31H43FN4O3/c1-22-19-34(20-23(2)36(22,30(38)39)31(3,4)5)21-25-8-6-24(7-9-25)18-29(37)35-16-14-28(15-17-35)33-27-12-10-26(32)11-13-27/h6-13,22-23,28,33H,14-21H2,1-5H3/p+1/t22-,23+,36?. The molecule has 2 aromatic carbocycles. The van der Waals surface area contributed by atoms with Crippen molar-refractivity contribution < 1.29 is 23.6 Å². The van der Waals surface area contributed by atoms with Crippen molar-refractivity contribution in [2.24, 2.45) is 0 Å². The monoisotopic (exact) mass is 539 g/mol. The second-order valence-corrected chi connectivity index (χ2v) is 12.4. The Bertz CT molecular complexity index is 1130. The Morgan fingerprint density at radius 1 is 0.949 bits per heavy atom. The van der Waals surface area contributed by atoms with E-state index in [0.717, 1.165) is 43.7 Å². The molecule has 0 aliphatic carbocycles. The van der Waals surface area contributed by atoms with E-state index >= 15 is 0 Å². The van der Waals surface area contributed by atoms with Gasteiger partial charge in [0.1, 0.15) is 23.4 Å². The van der Waals surface area contributed by atoms with Crippen LogP contribution in [0.4, 0.5) is 14.9 Å². The molecule has 2 aliphatic rings. The third kappa shape index (κ3) is 6.28. The molecule has 8 heteroatoms. The van der Waals surface area contributed by atoms with Crippen LogP contribution >= 0.6 is 0 Å². The lowest BCUT2D eigenvalue weighted by Gasteiger charge is -2.55. The Kier molecular flexibility index (Phi) is 8.66. The molecule has 2 aromatic rings. The van der Waals surface area contributed by atoms with Crippen molar-refractivity contribution in [1.29, 1.82) is 0 Å². The highest BCUT2D eigenvalue weighted by molar-refractivity contribution is 5.79. The molecule has 212 valence electrons.